The van der Waals surface area contributed by atoms with E-state index in [-0.39, 0.29) is 5.41 Å². The predicted octanol–water partition coefficient (Wildman–Crippen LogP) is 5.26. The Labute approximate surface area is 195 Å². The number of likely N-dealkylation sites (tertiary alicyclic amines) is 1. The number of nitrogens with zero attached hydrogens (tertiary/aromatic N) is 5. The standard InChI is InChI=1S/C24H26F3N5S/c1-31-21(18-4-2-10-28-15-18)29-30-22(31)33-13-3-11-32-12-9-23(16-32)14-20(23)17-5-7-19(8-6-17)24(25,26)27/h2,4-8,10,15,20H,3,9,11-14,16H2,1H3. The number of hydrogen-bond acceptors (Lipinski definition) is 5. The van der Waals surface area contributed by atoms with E-state index in [1.165, 1.54) is 12.1 Å². The molecule has 1 spiro atoms. The van der Waals surface area contributed by atoms with E-state index < -0.39 is 11.7 Å². The van der Waals surface area contributed by atoms with Gasteiger partial charge in [0.2, 0.25) is 0 Å². The van der Waals surface area contributed by atoms with E-state index in [0.29, 0.717) is 5.92 Å². The number of hydrogen-bond donors (Lipinski definition) is 0. The fourth-order valence-electron chi connectivity index (χ4n) is 4.99. The molecule has 5 nitrogen and oxygen atoms in total. The molecule has 2 aromatic heterocycles. The zero-order chi connectivity index (χ0) is 23.1. The van der Waals surface area contributed by atoms with E-state index in [1.54, 1.807) is 36.3 Å². The molecular weight excluding hydrogens is 447 g/mol. The molecule has 0 bridgehead atoms. The summed E-state index contributed by atoms with van der Waals surface area (Å²) in [5.74, 6) is 2.17. The maximum atomic E-state index is 12.8. The molecule has 1 aromatic carbocycles. The average molecular weight is 474 g/mol. The normalized spacial score (nSPS) is 22.8. The van der Waals surface area contributed by atoms with Gasteiger partial charge in [-0.1, -0.05) is 23.9 Å². The zero-order valence-electron chi connectivity index (χ0n) is 18.4. The summed E-state index contributed by atoms with van der Waals surface area (Å²) < 4.78 is 40.5. The van der Waals surface area contributed by atoms with E-state index in [2.05, 4.69) is 20.1 Å². The number of aromatic nitrogens is 4. The van der Waals surface area contributed by atoms with Gasteiger partial charge in [0.05, 0.1) is 5.56 Å². The lowest BCUT2D eigenvalue weighted by Gasteiger charge is -2.16. The first-order chi connectivity index (χ1) is 15.9. The smallest absolute Gasteiger partial charge is 0.305 e. The highest BCUT2D eigenvalue weighted by atomic mass is 32.2. The number of rotatable bonds is 7. The van der Waals surface area contributed by atoms with E-state index in [4.69, 9.17) is 0 Å². The monoisotopic (exact) mass is 473 g/mol. The van der Waals surface area contributed by atoms with Gasteiger partial charge in [-0.15, -0.1) is 10.2 Å². The fraction of sp³-hybridized carbons (Fsp3) is 0.458. The van der Waals surface area contributed by atoms with Gasteiger partial charge >= 0.3 is 6.18 Å². The maximum absolute atomic E-state index is 12.8. The highest BCUT2D eigenvalue weighted by Crippen LogP contribution is 2.64. The van der Waals surface area contributed by atoms with Crippen molar-refractivity contribution in [1.29, 1.82) is 0 Å². The van der Waals surface area contributed by atoms with Gasteiger partial charge in [-0.05, 0) is 73.5 Å². The number of pyridine rings is 1. The third kappa shape index (κ3) is 4.66. The Balaban J connectivity index is 1.09. The van der Waals surface area contributed by atoms with Crippen molar-refractivity contribution in [1.82, 2.24) is 24.6 Å². The van der Waals surface area contributed by atoms with Crippen LogP contribution in [0.3, 0.4) is 0 Å². The first-order valence-corrected chi connectivity index (χ1v) is 12.2. The topological polar surface area (TPSA) is 46.8 Å². The Bertz CT molecular complexity index is 1100. The van der Waals surface area contributed by atoms with Crippen LogP contribution >= 0.6 is 11.8 Å². The Morgan fingerprint density at radius 2 is 1.97 bits per heavy atom. The Morgan fingerprint density at radius 3 is 2.70 bits per heavy atom. The summed E-state index contributed by atoms with van der Waals surface area (Å²) >= 11 is 1.71. The van der Waals surface area contributed by atoms with Gasteiger partial charge in [0.15, 0.2) is 11.0 Å². The highest BCUT2D eigenvalue weighted by molar-refractivity contribution is 7.99. The molecule has 174 valence electrons. The minimum absolute atomic E-state index is 0.259. The van der Waals surface area contributed by atoms with Crippen LogP contribution in [0.25, 0.3) is 11.4 Å². The molecule has 2 aliphatic rings. The molecule has 0 N–H and O–H groups in total. The van der Waals surface area contributed by atoms with Crippen LogP contribution in [-0.2, 0) is 13.2 Å². The second kappa shape index (κ2) is 8.76. The lowest BCUT2D eigenvalue weighted by atomic mass is 9.97. The van der Waals surface area contributed by atoms with Crippen molar-refractivity contribution < 1.29 is 13.2 Å². The van der Waals surface area contributed by atoms with Crippen molar-refractivity contribution in [2.75, 3.05) is 25.4 Å². The second-order valence-corrected chi connectivity index (χ2v) is 10.1. The van der Waals surface area contributed by atoms with Gasteiger partial charge in [-0.3, -0.25) is 4.98 Å². The largest absolute Gasteiger partial charge is 0.416 e. The number of halogens is 3. The van der Waals surface area contributed by atoms with Crippen LogP contribution in [0.4, 0.5) is 13.2 Å². The van der Waals surface area contributed by atoms with Crippen molar-refractivity contribution in [2.24, 2.45) is 12.5 Å². The molecule has 33 heavy (non-hydrogen) atoms. The first-order valence-electron chi connectivity index (χ1n) is 11.2. The first kappa shape index (κ1) is 22.4. The van der Waals surface area contributed by atoms with Gasteiger partial charge in [-0.2, -0.15) is 13.2 Å². The van der Waals surface area contributed by atoms with E-state index in [1.807, 2.05) is 23.7 Å². The fourth-order valence-corrected chi connectivity index (χ4v) is 5.82. The molecule has 2 fully saturated rings. The zero-order valence-corrected chi connectivity index (χ0v) is 19.2. The van der Waals surface area contributed by atoms with Crippen molar-refractivity contribution >= 4 is 11.8 Å². The Hall–Kier alpha value is -2.39. The van der Waals surface area contributed by atoms with Crippen LogP contribution in [0.2, 0.25) is 0 Å². The molecule has 0 radical (unpaired) electrons. The second-order valence-electron chi connectivity index (χ2n) is 9.07. The predicted molar refractivity (Wildman–Crippen MR) is 122 cm³/mol. The number of thioether (sulfide) groups is 1. The lowest BCUT2D eigenvalue weighted by Crippen LogP contribution is -2.23. The minimum atomic E-state index is -4.27. The van der Waals surface area contributed by atoms with Gasteiger partial charge in [0.1, 0.15) is 0 Å². The third-order valence-corrected chi connectivity index (χ3v) is 8.01. The van der Waals surface area contributed by atoms with Gasteiger partial charge in [0, 0.05) is 37.3 Å². The average Bonchev–Trinajstić information content (AvgIpc) is 3.15. The molecule has 9 heteroatoms. The van der Waals surface area contributed by atoms with Crippen molar-refractivity contribution in [3.8, 4) is 11.4 Å². The Morgan fingerprint density at radius 1 is 1.15 bits per heavy atom. The molecule has 2 unspecified atom stereocenters. The van der Waals surface area contributed by atoms with Gasteiger partial charge in [0.25, 0.3) is 0 Å². The van der Waals surface area contributed by atoms with E-state index in [9.17, 15) is 13.2 Å². The molecule has 0 amide bonds. The van der Waals surface area contributed by atoms with Gasteiger partial charge < -0.3 is 9.47 Å². The van der Waals surface area contributed by atoms with Gasteiger partial charge in [-0.25, -0.2) is 0 Å². The molecule has 2 atom stereocenters. The van der Waals surface area contributed by atoms with E-state index >= 15 is 0 Å². The minimum Gasteiger partial charge on any atom is -0.305 e. The highest BCUT2D eigenvalue weighted by Gasteiger charge is 2.57. The molecule has 5 rings (SSSR count). The summed E-state index contributed by atoms with van der Waals surface area (Å²) in [7, 11) is 1.98. The summed E-state index contributed by atoms with van der Waals surface area (Å²) in [4.78, 5) is 6.65. The van der Waals surface area contributed by atoms with Crippen LogP contribution in [0, 0.1) is 5.41 Å². The summed E-state index contributed by atoms with van der Waals surface area (Å²) in [6.45, 7) is 3.14. The summed E-state index contributed by atoms with van der Waals surface area (Å²) in [6.07, 6.45) is 2.53. The lowest BCUT2D eigenvalue weighted by molar-refractivity contribution is -0.137. The van der Waals surface area contributed by atoms with Crippen molar-refractivity contribution in [3.63, 3.8) is 0 Å². The molecule has 1 saturated carbocycles. The number of alkyl halides is 3. The third-order valence-electron chi connectivity index (χ3n) is 6.90. The van der Waals surface area contributed by atoms with E-state index in [0.717, 1.165) is 66.8 Å². The summed E-state index contributed by atoms with van der Waals surface area (Å²) in [5.41, 5.74) is 1.69. The number of benzene rings is 1. The van der Waals surface area contributed by atoms with Crippen molar-refractivity contribution in [3.05, 3.63) is 59.9 Å². The molecule has 1 saturated heterocycles. The molecular formula is C24H26F3N5S. The van der Waals surface area contributed by atoms with Crippen LogP contribution in [0.15, 0.2) is 53.9 Å². The Kier molecular flexibility index (Phi) is 5.95. The van der Waals surface area contributed by atoms with Crippen LogP contribution < -0.4 is 0 Å². The van der Waals surface area contributed by atoms with Crippen LogP contribution in [0.5, 0.6) is 0 Å². The van der Waals surface area contributed by atoms with Crippen LogP contribution in [-0.4, -0.2) is 50.0 Å². The molecule has 1 aliphatic heterocycles. The quantitative estimate of drug-likeness (QED) is 0.346. The molecule has 3 heterocycles. The molecule has 3 aromatic rings. The SMILES string of the molecule is Cn1c(SCCCN2CCC3(CC3c3ccc(C(F)(F)F)cc3)C2)nnc1-c1cccnc1. The summed E-state index contributed by atoms with van der Waals surface area (Å²) in [6, 6.07) is 9.64. The maximum Gasteiger partial charge on any atom is 0.416 e. The van der Waals surface area contributed by atoms with Crippen LogP contribution in [0.1, 0.15) is 36.3 Å². The van der Waals surface area contributed by atoms with Crippen molar-refractivity contribution in [2.45, 2.75) is 36.5 Å². The molecule has 1 aliphatic carbocycles. The summed E-state index contributed by atoms with van der Waals surface area (Å²) in [5, 5.41) is 9.53.